The van der Waals surface area contributed by atoms with Crippen molar-refractivity contribution in [3.05, 3.63) is 41.7 Å². The molecule has 0 fully saturated rings. The topological polar surface area (TPSA) is 111 Å². The summed E-state index contributed by atoms with van der Waals surface area (Å²) in [5.41, 5.74) is -0.659. The predicted octanol–water partition coefficient (Wildman–Crippen LogP) is 3.30. The van der Waals surface area contributed by atoms with Crippen molar-refractivity contribution in [3.8, 4) is 0 Å². The van der Waals surface area contributed by atoms with E-state index in [-0.39, 0.29) is 49.8 Å². The van der Waals surface area contributed by atoms with Crippen molar-refractivity contribution in [2.75, 3.05) is 32.1 Å². The summed E-state index contributed by atoms with van der Waals surface area (Å²) < 4.78 is 53.0. The van der Waals surface area contributed by atoms with E-state index in [2.05, 4.69) is 20.9 Å². The third-order valence-electron chi connectivity index (χ3n) is 5.99. The molecule has 0 aliphatic carbocycles. The lowest BCUT2D eigenvalue weighted by Gasteiger charge is -2.30. The first kappa shape index (κ1) is 28.4. The summed E-state index contributed by atoms with van der Waals surface area (Å²) in [6, 6.07) is 4.02. The number of halogens is 3. The molecular formula is C24H33F3N6O4. The first-order valence-electron chi connectivity index (χ1n) is 12.1. The number of cyclic esters (lactones) is 1. The number of para-hydroxylation sites is 1. The van der Waals surface area contributed by atoms with Crippen LogP contribution in [0.3, 0.4) is 0 Å². The van der Waals surface area contributed by atoms with Crippen LogP contribution in [-0.2, 0) is 33.6 Å². The van der Waals surface area contributed by atoms with E-state index in [1.54, 1.807) is 10.9 Å². The number of nitrogens with zero attached hydrogens (tertiary/aromatic N) is 4. The predicted molar refractivity (Wildman–Crippen MR) is 129 cm³/mol. The molecule has 0 unspecified atom stereocenters. The Bertz CT molecular complexity index is 1050. The molecule has 10 nitrogen and oxygen atoms in total. The van der Waals surface area contributed by atoms with Gasteiger partial charge in [-0.05, 0) is 31.4 Å². The summed E-state index contributed by atoms with van der Waals surface area (Å²) in [7, 11) is 1.49. The van der Waals surface area contributed by atoms with Gasteiger partial charge in [-0.1, -0.05) is 24.3 Å². The lowest BCUT2D eigenvalue weighted by Crippen LogP contribution is -2.44. The third kappa shape index (κ3) is 8.71. The number of aryl methyl sites for hydroxylation is 1. The van der Waals surface area contributed by atoms with E-state index in [1.807, 2.05) is 13.8 Å². The van der Waals surface area contributed by atoms with E-state index < -0.39 is 23.9 Å². The summed E-state index contributed by atoms with van der Waals surface area (Å²) in [6.45, 7) is 5.28. The SMILES string of the molecule is C[C@@H]1CN[C@@H](C)COC(=O)CCCn2cc(nn2)CO[C@@H]1CN(C)C(=O)Nc1ccccc1C(F)(F)F. The molecule has 3 rings (SSSR count). The molecule has 13 heteroatoms. The Morgan fingerprint density at radius 3 is 2.81 bits per heavy atom. The highest BCUT2D eigenvalue weighted by atomic mass is 19.4. The Balaban J connectivity index is 1.70. The number of ether oxygens (including phenoxy) is 2. The smallest absolute Gasteiger partial charge is 0.418 e. The number of carbonyl (C=O) groups excluding carboxylic acids is 2. The van der Waals surface area contributed by atoms with Gasteiger partial charge in [0.1, 0.15) is 12.3 Å². The van der Waals surface area contributed by atoms with Gasteiger partial charge in [0.2, 0.25) is 0 Å². The first-order valence-corrected chi connectivity index (χ1v) is 12.1. The highest BCUT2D eigenvalue weighted by Crippen LogP contribution is 2.34. The quantitative estimate of drug-likeness (QED) is 0.591. The molecular weight excluding hydrogens is 493 g/mol. The van der Waals surface area contributed by atoms with Gasteiger partial charge in [0.05, 0.1) is 30.2 Å². The summed E-state index contributed by atoms with van der Waals surface area (Å²) in [6.07, 6.45) is -2.52. The number of amides is 2. The minimum Gasteiger partial charge on any atom is -0.464 e. The van der Waals surface area contributed by atoms with E-state index in [9.17, 15) is 22.8 Å². The number of fused-ring (bicyclic) bond motifs is 2. The fraction of sp³-hybridized carbons (Fsp3) is 0.583. The molecule has 1 aliphatic rings. The van der Waals surface area contributed by atoms with Gasteiger partial charge >= 0.3 is 18.2 Å². The van der Waals surface area contributed by atoms with Gasteiger partial charge in [-0.15, -0.1) is 5.10 Å². The van der Waals surface area contributed by atoms with Crippen LogP contribution in [0.5, 0.6) is 0 Å². The Kier molecular flexibility index (Phi) is 9.86. The molecule has 2 N–H and O–H groups in total. The van der Waals surface area contributed by atoms with Crippen LogP contribution in [-0.4, -0.2) is 70.8 Å². The number of aromatic nitrogens is 3. The number of likely N-dealkylation sites (N-methyl/N-ethyl adjacent to an activating group) is 1. The summed E-state index contributed by atoms with van der Waals surface area (Å²) in [4.78, 5) is 26.0. The Hall–Kier alpha value is -3.19. The van der Waals surface area contributed by atoms with Crippen LogP contribution in [0.1, 0.15) is 37.9 Å². The number of hydrogen-bond donors (Lipinski definition) is 2. The average molecular weight is 527 g/mol. The van der Waals surface area contributed by atoms with Gasteiger partial charge in [0.25, 0.3) is 0 Å². The zero-order chi connectivity index (χ0) is 27.0. The van der Waals surface area contributed by atoms with Crippen LogP contribution in [0.25, 0.3) is 0 Å². The fourth-order valence-electron chi connectivity index (χ4n) is 3.76. The number of rotatable bonds is 3. The van der Waals surface area contributed by atoms with Crippen LogP contribution in [0.15, 0.2) is 30.5 Å². The molecule has 2 heterocycles. The van der Waals surface area contributed by atoms with E-state index in [1.165, 1.54) is 30.1 Å². The van der Waals surface area contributed by atoms with E-state index in [4.69, 9.17) is 9.47 Å². The van der Waals surface area contributed by atoms with Gasteiger partial charge in [0, 0.05) is 39.1 Å². The normalized spacial score (nSPS) is 22.2. The number of anilines is 1. The van der Waals surface area contributed by atoms with Crippen molar-refractivity contribution in [2.24, 2.45) is 5.92 Å². The van der Waals surface area contributed by atoms with Crippen molar-refractivity contribution >= 4 is 17.7 Å². The Morgan fingerprint density at radius 1 is 1.30 bits per heavy atom. The largest absolute Gasteiger partial charge is 0.464 e. The molecule has 204 valence electrons. The molecule has 1 aliphatic heterocycles. The number of nitrogens with one attached hydrogen (secondary N) is 2. The molecule has 37 heavy (non-hydrogen) atoms. The highest BCUT2D eigenvalue weighted by Gasteiger charge is 2.34. The molecule has 0 spiro atoms. The number of carbonyl (C=O) groups is 2. The summed E-state index contributed by atoms with van der Waals surface area (Å²) in [5.74, 6) is -0.395. The number of hydrogen-bond acceptors (Lipinski definition) is 7. The summed E-state index contributed by atoms with van der Waals surface area (Å²) >= 11 is 0. The average Bonchev–Trinajstić information content (AvgIpc) is 3.30. The van der Waals surface area contributed by atoms with Gasteiger partial charge < -0.3 is 25.0 Å². The molecule has 2 amide bonds. The lowest BCUT2D eigenvalue weighted by molar-refractivity contribution is -0.144. The third-order valence-corrected chi connectivity index (χ3v) is 5.99. The number of urea groups is 1. The highest BCUT2D eigenvalue weighted by molar-refractivity contribution is 5.90. The fourth-order valence-corrected chi connectivity index (χ4v) is 3.76. The van der Waals surface area contributed by atoms with Crippen molar-refractivity contribution in [2.45, 2.75) is 58.2 Å². The first-order chi connectivity index (χ1) is 17.5. The second kappa shape index (κ2) is 12.9. The number of esters is 1. The molecule has 1 aromatic carbocycles. The van der Waals surface area contributed by atoms with Gasteiger partial charge in [-0.3, -0.25) is 9.48 Å². The lowest BCUT2D eigenvalue weighted by atomic mass is 10.0. The molecule has 2 aromatic rings. The molecule has 2 bridgehead atoms. The van der Waals surface area contributed by atoms with Gasteiger partial charge in [-0.25, -0.2) is 4.79 Å². The second-order valence-corrected chi connectivity index (χ2v) is 9.25. The van der Waals surface area contributed by atoms with Crippen LogP contribution in [0.4, 0.5) is 23.7 Å². The van der Waals surface area contributed by atoms with Crippen molar-refractivity contribution in [1.82, 2.24) is 25.2 Å². The maximum absolute atomic E-state index is 13.3. The minimum absolute atomic E-state index is 0.104. The van der Waals surface area contributed by atoms with Crippen molar-refractivity contribution < 1.29 is 32.2 Å². The van der Waals surface area contributed by atoms with Gasteiger partial charge in [0.15, 0.2) is 0 Å². The number of alkyl halides is 3. The van der Waals surface area contributed by atoms with Crippen LogP contribution < -0.4 is 10.6 Å². The van der Waals surface area contributed by atoms with E-state index in [0.717, 1.165) is 6.07 Å². The second-order valence-electron chi connectivity index (χ2n) is 9.25. The Morgan fingerprint density at radius 2 is 2.05 bits per heavy atom. The molecule has 1 aromatic heterocycles. The molecule has 0 saturated heterocycles. The monoisotopic (exact) mass is 526 g/mol. The van der Waals surface area contributed by atoms with Crippen LogP contribution in [0.2, 0.25) is 0 Å². The zero-order valence-corrected chi connectivity index (χ0v) is 21.1. The van der Waals surface area contributed by atoms with Crippen molar-refractivity contribution in [3.63, 3.8) is 0 Å². The minimum atomic E-state index is -4.60. The Labute approximate surface area is 213 Å². The summed E-state index contributed by atoms with van der Waals surface area (Å²) in [5, 5.41) is 13.8. The van der Waals surface area contributed by atoms with Gasteiger partial charge in [-0.2, -0.15) is 13.2 Å². The van der Waals surface area contributed by atoms with E-state index in [0.29, 0.717) is 25.2 Å². The molecule has 0 saturated carbocycles. The van der Waals surface area contributed by atoms with E-state index >= 15 is 0 Å². The standard InChI is InChI=1S/C24H33F3N6O4/c1-16-11-28-17(2)14-37-22(34)9-6-10-33-12-18(30-31-33)15-36-21(16)13-32(3)23(35)29-20-8-5-4-7-19(20)24(25,26)27/h4-5,7-8,12,16-17,21,28H,6,9-11,13-15H2,1-3H3,(H,29,35)/t16-,17+,21-/m1/s1. The van der Waals surface area contributed by atoms with Crippen molar-refractivity contribution in [1.29, 1.82) is 0 Å². The maximum Gasteiger partial charge on any atom is 0.418 e. The molecule has 0 radical (unpaired) electrons. The zero-order valence-electron chi connectivity index (χ0n) is 21.1. The van der Waals surface area contributed by atoms with Crippen LogP contribution in [0, 0.1) is 5.92 Å². The number of benzene rings is 1. The maximum atomic E-state index is 13.3. The molecule has 3 atom stereocenters. The van der Waals surface area contributed by atoms with Crippen LogP contribution >= 0.6 is 0 Å².